The Hall–Kier alpha value is -1.84. The van der Waals surface area contributed by atoms with E-state index in [0.717, 1.165) is 5.69 Å². The van der Waals surface area contributed by atoms with Gasteiger partial charge in [-0.15, -0.1) is 0 Å². The number of hydrogen-bond acceptors (Lipinski definition) is 2. The van der Waals surface area contributed by atoms with Crippen LogP contribution in [0.3, 0.4) is 0 Å². The number of rotatable bonds is 2. The Kier molecular flexibility index (Phi) is 3.67. The van der Waals surface area contributed by atoms with Gasteiger partial charge in [0.2, 0.25) is 11.9 Å². The molecule has 0 unspecified atom stereocenters. The number of hydrogen-bond donors (Lipinski definition) is 2. The first-order chi connectivity index (χ1) is 6.72. The number of aliphatic imine (C=N–C) groups is 1. The summed E-state index contributed by atoms with van der Waals surface area (Å²) in [5, 5.41) is 2.47. The molecule has 0 radical (unpaired) electrons. The van der Waals surface area contributed by atoms with Crippen molar-refractivity contribution >= 4 is 17.6 Å². The fraction of sp³-hybridized carbons (Fsp3) is 0.200. The minimum Gasteiger partial charge on any atom is -0.369 e. The monoisotopic (exact) mass is 191 g/mol. The van der Waals surface area contributed by atoms with E-state index in [2.05, 4.69) is 10.3 Å². The van der Waals surface area contributed by atoms with Gasteiger partial charge in [-0.2, -0.15) is 0 Å². The third-order valence-corrected chi connectivity index (χ3v) is 1.59. The summed E-state index contributed by atoms with van der Waals surface area (Å²) >= 11 is 0. The highest BCUT2D eigenvalue weighted by atomic mass is 16.1. The Morgan fingerprint density at radius 1 is 1.43 bits per heavy atom. The summed E-state index contributed by atoms with van der Waals surface area (Å²) in [4.78, 5) is 14.9. The van der Waals surface area contributed by atoms with Crippen LogP contribution in [0.1, 0.15) is 13.3 Å². The molecule has 0 atom stereocenters. The van der Waals surface area contributed by atoms with Gasteiger partial charge >= 0.3 is 0 Å². The zero-order valence-electron chi connectivity index (χ0n) is 8.03. The van der Waals surface area contributed by atoms with Crippen molar-refractivity contribution in [1.82, 2.24) is 5.32 Å². The third-order valence-electron chi connectivity index (χ3n) is 1.59. The quantitative estimate of drug-likeness (QED) is 0.544. The van der Waals surface area contributed by atoms with Crippen molar-refractivity contribution in [2.45, 2.75) is 13.3 Å². The normalized spacial score (nSPS) is 11.1. The molecule has 0 spiro atoms. The van der Waals surface area contributed by atoms with E-state index >= 15 is 0 Å². The molecule has 0 fully saturated rings. The SMILES string of the molecule is CCC(=O)NC(N)=Nc1ccccc1. The topological polar surface area (TPSA) is 67.5 Å². The molecule has 0 aliphatic heterocycles. The maximum absolute atomic E-state index is 10.9. The van der Waals surface area contributed by atoms with Gasteiger partial charge in [-0.3, -0.25) is 10.1 Å². The molecule has 0 saturated heterocycles. The van der Waals surface area contributed by atoms with Crippen molar-refractivity contribution in [2.24, 2.45) is 10.7 Å². The zero-order chi connectivity index (χ0) is 10.4. The molecular weight excluding hydrogens is 178 g/mol. The molecule has 0 aromatic heterocycles. The first-order valence-corrected chi connectivity index (χ1v) is 4.41. The Balaban J connectivity index is 2.65. The molecule has 14 heavy (non-hydrogen) atoms. The second-order valence-corrected chi connectivity index (χ2v) is 2.73. The molecule has 1 aromatic rings. The Bertz CT molecular complexity index is 332. The molecule has 4 heteroatoms. The van der Waals surface area contributed by atoms with Crippen LogP contribution >= 0.6 is 0 Å². The fourth-order valence-electron chi connectivity index (χ4n) is 0.901. The Labute approximate surface area is 82.8 Å². The predicted octanol–water partition coefficient (Wildman–Crippen LogP) is 1.16. The summed E-state index contributed by atoms with van der Waals surface area (Å²) in [5.41, 5.74) is 6.22. The molecular formula is C10H13N3O. The first-order valence-electron chi connectivity index (χ1n) is 4.41. The van der Waals surface area contributed by atoms with Crippen molar-refractivity contribution in [2.75, 3.05) is 0 Å². The summed E-state index contributed by atoms with van der Waals surface area (Å²) in [6.07, 6.45) is 0.394. The molecule has 0 heterocycles. The van der Waals surface area contributed by atoms with Gasteiger partial charge in [0.05, 0.1) is 5.69 Å². The Morgan fingerprint density at radius 3 is 2.64 bits per heavy atom. The van der Waals surface area contributed by atoms with Crippen molar-refractivity contribution in [3.8, 4) is 0 Å². The van der Waals surface area contributed by atoms with Crippen molar-refractivity contribution in [1.29, 1.82) is 0 Å². The molecule has 0 aliphatic rings. The lowest BCUT2D eigenvalue weighted by molar-refractivity contribution is -0.119. The van der Waals surface area contributed by atoms with Crippen LogP contribution in [0, 0.1) is 0 Å². The van der Waals surface area contributed by atoms with Gasteiger partial charge in [0.15, 0.2) is 0 Å². The van der Waals surface area contributed by atoms with Gasteiger partial charge in [0, 0.05) is 6.42 Å². The predicted molar refractivity (Wildman–Crippen MR) is 56.2 cm³/mol. The summed E-state index contributed by atoms with van der Waals surface area (Å²) in [5.74, 6) is -0.00905. The van der Waals surface area contributed by atoms with Gasteiger partial charge in [-0.05, 0) is 12.1 Å². The van der Waals surface area contributed by atoms with Gasteiger partial charge in [-0.1, -0.05) is 25.1 Å². The molecule has 1 rings (SSSR count). The minimum absolute atomic E-state index is 0.128. The zero-order valence-corrected chi connectivity index (χ0v) is 8.03. The van der Waals surface area contributed by atoms with Crippen molar-refractivity contribution < 1.29 is 4.79 Å². The van der Waals surface area contributed by atoms with Gasteiger partial charge in [-0.25, -0.2) is 4.99 Å². The van der Waals surface area contributed by atoms with Crippen LogP contribution in [0.2, 0.25) is 0 Å². The molecule has 74 valence electrons. The van der Waals surface area contributed by atoms with Crippen LogP contribution < -0.4 is 11.1 Å². The molecule has 1 aromatic carbocycles. The molecule has 3 N–H and O–H groups in total. The smallest absolute Gasteiger partial charge is 0.226 e. The number of guanidine groups is 1. The average Bonchev–Trinajstić information content (AvgIpc) is 2.19. The Morgan fingerprint density at radius 2 is 2.07 bits per heavy atom. The van der Waals surface area contributed by atoms with E-state index < -0.39 is 0 Å². The first kappa shape index (κ1) is 10.2. The lowest BCUT2D eigenvalue weighted by atomic mass is 10.3. The van der Waals surface area contributed by atoms with Crippen LogP contribution in [0.15, 0.2) is 35.3 Å². The highest BCUT2D eigenvalue weighted by Crippen LogP contribution is 2.08. The summed E-state index contributed by atoms with van der Waals surface area (Å²) in [6, 6.07) is 9.22. The summed E-state index contributed by atoms with van der Waals surface area (Å²) < 4.78 is 0. The van der Waals surface area contributed by atoms with Crippen LogP contribution in [0.25, 0.3) is 0 Å². The largest absolute Gasteiger partial charge is 0.369 e. The van der Waals surface area contributed by atoms with E-state index in [1.54, 1.807) is 6.92 Å². The number of para-hydroxylation sites is 1. The number of carbonyl (C=O) groups is 1. The highest BCUT2D eigenvalue weighted by Gasteiger charge is 1.98. The molecule has 4 nitrogen and oxygen atoms in total. The van der Waals surface area contributed by atoms with Gasteiger partial charge in [0.25, 0.3) is 0 Å². The number of nitrogens with zero attached hydrogens (tertiary/aromatic N) is 1. The lowest BCUT2D eigenvalue weighted by Crippen LogP contribution is -2.35. The highest BCUT2D eigenvalue weighted by molar-refractivity contribution is 5.96. The number of benzene rings is 1. The van der Waals surface area contributed by atoms with Crippen molar-refractivity contribution in [3.63, 3.8) is 0 Å². The minimum atomic E-state index is -0.137. The summed E-state index contributed by atoms with van der Waals surface area (Å²) in [7, 11) is 0. The third kappa shape index (κ3) is 3.26. The maximum Gasteiger partial charge on any atom is 0.226 e. The van der Waals surface area contributed by atoms with E-state index in [1.165, 1.54) is 0 Å². The summed E-state index contributed by atoms with van der Waals surface area (Å²) in [6.45, 7) is 1.76. The number of amides is 1. The van der Waals surface area contributed by atoms with E-state index in [-0.39, 0.29) is 11.9 Å². The van der Waals surface area contributed by atoms with E-state index in [1.807, 2.05) is 30.3 Å². The maximum atomic E-state index is 10.9. The average molecular weight is 191 g/mol. The van der Waals surface area contributed by atoms with Crippen LogP contribution in [0.5, 0.6) is 0 Å². The second kappa shape index (κ2) is 5.01. The number of carbonyl (C=O) groups excluding carboxylic acids is 1. The number of nitrogens with two attached hydrogens (primary N) is 1. The molecule has 1 amide bonds. The van der Waals surface area contributed by atoms with E-state index in [9.17, 15) is 4.79 Å². The number of nitrogens with one attached hydrogen (secondary N) is 1. The van der Waals surface area contributed by atoms with Crippen LogP contribution in [0.4, 0.5) is 5.69 Å². The fourth-order valence-corrected chi connectivity index (χ4v) is 0.901. The molecule has 0 saturated carbocycles. The van der Waals surface area contributed by atoms with E-state index in [4.69, 9.17) is 5.73 Å². The lowest BCUT2D eigenvalue weighted by Gasteiger charge is -2.01. The second-order valence-electron chi connectivity index (χ2n) is 2.73. The van der Waals surface area contributed by atoms with Gasteiger partial charge < -0.3 is 5.73 Å². The molecule has 0 bridgehead atoms. The van der Waals surface area contributed by atoms with Crippen LogP contribution in [-0.4, -0.2) is 11.9 Å². The standard InChI is InChI=1S/C10H13N3O/c1-2-9(14)13-10(11)12-8-6-4-3-5-7-8/h3-7H,2H2,1H3,(H3,11,12,13,14). The van der Waals surface area contributed by atoms with Crippen LogP contribution in [-0.2, 0) is 4.79 Å². The van der Waals surface area contributed by atoms with Crippen molar-refractivity contribution in [3.05, 3.63) is 30.3 Å². The van der Waals surface area contributed by atoms with Gasteiger partial charge in [0.1, 0.15) is 0 Å². The van der Waals surface area contributed by atoms with E-state index in [0.29, 0.717) is 6.42 Å². The molecule has 0 aliphatic carbocycles.